The van der Waals surface area contributed by atoms with Gasteiger partial charge in [0.2, 0.25) is 5.88 Å². The summed E-state index contributed by atoms with van der Waals surface area (Å²) in [6.45, 7) is 4.02. The summed E-state index contributed by atoms with van der Waals surface area (Å²) < 4.78 is 6.65. The van der Waals surface area contributed by atoms with Gasteiger partial charge < -0.3 is 4.74 Å². The van der Waals surface area contributed by atoms with Crippen molar-refractivity contribution in [1.29, 1.82) is 0 Å². The zero-order valence-electron chi connectivity index (χ0n) is 9.20. The van der Waals surface area contributed by atoms with E-state index in [0.29, 0.717) is 5.88 Å². The number of pyridine rings is 1. The van der Waals surface area contributed by atoms with Crippen LogP contribution in [0.2, 0.25) is 0 Å². The summed E-state index contributed by atoms with van der Waals surface area (Å²) in [7, 11) is 0. The quantitative estimate of drug-likeness (QED) is 0.819. The van der Waals surface area contributed by atoms with Gasteiger partial charge in [0.05, 0.1) is 0 Å². The molecule has 0 saturated heterocycles. The van der Waals surface area contributed by atoms with Crippen LogP contribution in [-0.2, 0) is 0 Å². The molecule has 16 heavy (non-hydrogen) atoms. The van der Waals surface area contributed by atoms with Gasteiger partial charge in [-0.05, 0) is 48.0 Å². The normalized spacial score (nSPS) is 10.2. The smallest absolute Gasteiger partial charge is 0.222 e. The SMILES string of the molecule is Cc1ccc(Oc2ncc(Br)cc2C)cc1. The fourth-order valence-electron chi connectivity index (χ4n) is 1.35. The van der Waals surface area contributed by atoms with Crippen LogP contribution in [0.25, 0.3) is 0 Å². The zero-order valence-corrected chi connectivity index (χ0v) is 10.8. The van der Waals surface area contributed by atoms with Gasteiger partial charge in [-0.1, -0.05) is 17.7 Å². The Morgan fingerprint density at radius 3 is 2.44 bits per heavy atom. The lowest BCUT2D eigenvalue weighted by atomic mass is 10.2. The number of hydrogen-bond acceptors (Lipinski definition) is 2. The Morgan fingerprint density at radius 2 is 1.81 bits per heavy atom. The molecule has 82 valence electrons. The molecule has 0 fully saturated rings. The van der Waals surface area contributed by atoms with Crippen LogP contribution in [0.1, 0.15) is 11.1 Å². The van der Waals surface area contributed by atoms with Crippen LogP contribution in [0, 0.1) is 13.8 Å². The highest BCUT2D eigenvalue weighted by molar-refractivity contribution is 9.10. The maximum Gasteiger partial charge on any atom is 0.222 e. The number of ether oxygens (including phenoxy) is 1. The largest absolute Gasteiger partial charge is 0.439 e. The summed E-state index contributed by atoms with van der Waals surface area (Å²) >= 11 is 3.37. The molecule has 0 amide bonds. The maximum atomic E-state index is 5.69. The van der Waals surface area contributed by atoms with Gasteiger partial charge in [-0.25, -0.2) is 4.98 Å². The Kier molecular flexibility index (Phi) is 3.25. The predicted molar refractivity (Wildman–Crippen MR) is 67.9 cm³/mol. The van der Waals surface area contributed by atoms with Crippen LogP contribution in [0.4, 0.5) is 0 Å². The van der Waals surface area contributed by atoms with Crippen molar-refractivity contribution in [3.05, 3.63) is 52.1 Å². The third-order valence-electron chi connectivity index (χ3n) is 2.23. The van der Waals surface area contributed by atoms with E-state index < -0.39 is 0 Å². The maximum absolute atomic E-state index is 5.69. The lowest BCUT2D eigenvalue weighted by molar-refractivity contribution is 0.458. The Balaban J connectivity index is 2.23. The first-order valence-electron chi connectivity index (χ1n) is 5.02. The van der Waals surface area contributed by atoms with Crippen molar-refractivity contribution in [1.82, 2.24) is 4.98 Å². The van der Waals surface area contributed by atoms with Crippen LogP contribution >= 0.6 is 15.9 Å². The summed E-state index contributed by atoms with van der Waals surface area (Å²) in [6.07, 6.45) is 1.73. The van der Waals surface area contributed by atoms with E-state index in [1.165, 1.54) is 5.56 Å². The van der Waals surface area contributed by atoms with Crippen molar-refractivity contribution >= 4 is 15.9 Å². The molecule has 2 aromatic rings. The molecule has 0 N–H and O–H groups in total. The average molecular weight is 278 g/mol. The van der Waals surface area contributed by atoms with Gasteiger partial charge in [0.15, 0.2) is 0 Å². The number of rotatable bonds is 2. The van der Waals surface area contributed by atoms with Crippen molar-refractivity contribution in [3.63, 3.8) is 0 Å². The Morgan fingerprint density at radius 1 is 1.12 bits per heavy atom. The zero-order chi connectivity index (χ0) is 11.5. The van der Waals surface area contributed by atoms with Crippen molar-refractivity contribution in [2.24, 2.45) is 0 Å². The van der Waals surface area contributed by atoms with Crippen LogP contribution in [-0.4, -0.2) is 4.98 Å². The standard InChI is InChI=1S/C13H12BrNO/c1-9-3-5-12(6-4-9)16-13-10(2)7-11(14)8-15-13/h3-8H,1-2H3. The fraction of sp³-hybridized carbons (Fsp3) is 0.154. The van der Waals surface area contributed by atoms with E-state index in [-0.39, 0.29) is 0 Å². The highest BCUT2D eigenvalue weighted by atomic mass is 79.9. The third kappa shape index (κ3) is 2.61. The molecular formula is C13H12BrNO. The van der Waals surface area contributed by atoms with Gasteiger partial charge in [-0.15, -0.1) is 0 Å². The molecule has 0 aliphatic carbocycles. The minimum atomic E-state index is 0.645. The number of halogens is 1. The molecule has 1 heterocycles. The van der Waals surface area contributed by atoms with Crippen molar-refractivity contribution in [2.75, 3.05) is 0 Å². The molecule has 0 atom stereocenters. The van der Waals surface area contributed by atoms with Crippen LogP contribution in [0.15, 0.2) is 41.0 Å². The Bertz CT molecular complexity index is 494. The second-order valence-electron chi connectivity index (χ2n) is 3.69. The Labute approximate surface area is 103 Å². The van der Waals surface area contributed by atoms with E-state index in [9.17, 15) is 0 Å². The molecule has 0 aliphatic heterocycles. The molecule has 0 aliphatic rings. The van der Waals surface area contributed by atoms with E-state index in [0.717, 1.165) is 15.8 Å². The highest BCUT2D eigenvalue weighted by Gasteiger charge is 2.03. The summed E-state index contributed by atoms with van der Waals surface area (Å²) in [5.74, 6) is 1.45. The first kappa shape index (κ1) is 11.1. The van der Waals surface area contributed by atoms with Crippen molar-refractivity contribution in [2.45, 2.75) is 13.8 Å². The number of aromatic nitrogens is 1. The second kappa shape index (κ2) is 4.66. The van der Waals surface area contributed by atoms with E-state index in [2.05, 4.69) is 20.9 Å². The number of aryl methyl sites for hydroxylation is 2. The van der Waals surface area contributed by atoms with E-state index in [1.54, 1.807) is 6.20 Å². The van der Waals surface area contributed by atoms with E-state index in [4.69, 9.17) is 4.74 Å². The lowest BCUT2D eigenvalue weighted by Crippen LogP contribution is -1.91. The fourth-order valence-corrected chi connectivity index (χ4v) is 1.80. The molecule has 3 heteroatoms. The van der Waals surface area contributed by atoms with Gasteiger partial charge in [0.1, 0.15) is 5.75 Å². The van der Waals surface area contributed by atoms with Crippen molar-refractivity contribution < 1.29 is 4.74 Å². The van der Waals surface area contributed by atoms with Gasteiger partial charge >= 0.3 is 0 Å². The monoisotopic (exact) mass is 277 g/mol. The predicted octanol–water partition coefficient (Wildman–Crippen LogP) is 4.25. The molecule has 2 rings (SSSR count). The average Bonchev–Trinajstić information content (AvgIpc) is 2.25. The van der Waals surface area contributed by atoms with Crippen LogP contribution in [0.3, 0.4) is 0 Å². The first-order chi connectivity index (χ1) is 7.65. The van der Waals surface area contributed by atoms with Crippen molar-refractivity contribution in [3.8, 4) is 11.6 Å². The van der Waals surface area contributed by atoms with Crippen LogP contribution in [0.5, 0.6) is 11.6 Å². The molecule has 0 saturated carbocycles. The molecular weight excluding hydrogens is 266 g/mol. The lowest BCUT2D eigenvalue weighted by Gasteiger charge is -2.07. The number of hydrogen-bond donors (Lipinski definition) is 0. The Hall–Kier alpha value is -1.35. The third-order valence-corrected chi connectivity index (χ3v) is 2.67. The van der Waals surface area contributed by atoms with E-state index in [1.807, 2.05) is 44.2 Å². The first-order valence-corrected chi connectivity index (χ1v) is 5.81. The minimum absolute atomic E-state index is 0.645. The highest BCUT2D eigenvalue weighted by Crippen LogP contribution is 2.24. The molecule has 0 unspecified atom stereocenters. The van der Waals surface area contributed by atoms with Gasteiger partial charge in [0.25, 0.3) is 0 Å². The second-order valence-corrected chi connectivity index (χ2v) is 4.61. The van der Waals surface area contributed by atoms with Gasteiger partial charge in [0, 0.05) is 16.2 Å². The molecule has 0 radical (unpaired) electrons. The molecule has 1 aromatic carbocycles. The van der Waals surface area contributed by atoms with Crippen LogP contribution < -0.4 is 4.74 Å². The van der Waals surface area contributed by atoms with Gasteiger partial charge in [-0.2, -0.15) is 0 Å². The minimum Gasteiger partial charge on any atom is -0.439 e. The molecule has 2 nitrogen and oxygen atoms in total. The number of benzene rings is 1. The summed E-state index contributed by atoms with van der Waals surface area (Å²) in [4.78, 5) is 4.23. The van der Waals surface area contributed by atoms with Gasteiger partial charge in [-0.3, -0.25) is 0 Å². The molecule has 0 bridgehead atoms. The molecule has 1 aromatic heterocycles. The summed E-state index contributed by atoms with van der Waals surface area (Å²) in [5, 5.41) is 0. The molecule has 0 spiro atoms. The number of nitrogens with zero attached hydrogens (tertiary/aromatic N) is 1. The van der Waals surface area contributed by atoms with E-state index >= 15 is 0 Å². The summed E-state index contributed by atoms with van der Waals surface area (Å²) in [6, 6.07) is 9.90. The summed E-state index contributed by atoms with van der Waals surface area (Å²) in [5.41, 5.74) is 2.22. The topological polar surface area (TPSA) is 22.1 Å².